The van der Waals surface area contributed by atoms with Crippen LogP contribution < -0.4 is 11.1 Å². The van der Waals surface area contributed by atoms with E-state index in [1.807, 2.05) is 6.26 Å². The molecule has 0 aliphatic carbocycles. The summed E-state index contributed by atoms with van der Waals surface area (Å²) in [5.74, 6) is 1.74. The monoisotopic (exact) mass is 312 g/mol. The van der Waals surface area contributed by atoms with Crippen molar-refractivity contribution < 1.29 is 9.90 Å². The Morgan fingerprint density at radius 1 is 1.37 bits per heavy atom. The summed E-state index contributed by atoms with van der Waals surface area (Å²) >= 11 is 1.70. The molecule has 1 amide bonds. The Hall–Kier alpha value is 0.0300. The normalized spacial score (nSPS) is 13.8. The molecule has 0 saturated carbocycles. The highest BCUT2D eigenvalue weighted by molar-refractivity contribution is 7.98. The van der Waals surface area contributed by atoms with Crippen LogP contribution in [0.15, 0.2) is 0 Å². The Balaban J connectivity index is 0. The number of carbonyl (C=O) groups is 1. The molecule has 0 radical (unpaired) electrons. The fraction of sp³-hybridized carbons (Fsp3) is 0.923. The highest BCUT2D eigenvalue weighted by Crippen LogP contribution is 2.14. The summed E-state index contributed by atoms with van der Waals surface area (Å²) in [6, 6.07) is -0.411. The van der Waals surface area contributed by atoms with Gasteiger partial charge in [0.05, 0.1) is 6.04 Å². The fourth-order valence-electron chi connectivity index (χ4n) is 1.90. The van der Waals surface area contributed by atoms with Crippen LogP contribution in [0.1, 0.15) is 33.1 Å². The van der Waals surface area contributed by atoms with E-state index in [9.17, 15) is 4.79 Å². The maximum absolute atomic E-state index is 11.7. The molecule has 0 heterocycles. The van der Waals surface area contributed by atoms with Crippen molar-refractivity contribution in [3.05, 3.63) is 0 Å². The second-order valence-corrected chi connectivity index (χ2v) is 6.13. The van der Waals surface area contributed by atoms with Crippen LogP contribution >= 0.6 is 24.2 Å². The number of aliphatic hydroxyl groups excluding tert-OH is 1. The van der Waals surface area contributed by atoms with Gasteiger partial charge < -0.3 is 16.2 Å². The maximum atomic E-state index is 11.7. The fourth-order valence-corrected chi connectivity index (χ4v) is 2.39. The molecule has 19 heavy (non-hydrogen) atoms. The molecule has 0 rings (SSSR count). The molecular weight excluding hydrogens is 284 g/mol. The third-order valence-electron chi connectivity index (χ3n) is 2.88. The first kappa shape index (κ1) is 21.3. The van der Waals surface area contributed by atoms with Crippen LogP contribution in [-0.4, -0.2) is 42.2 Å². The predicted octanol–water partition coefficient (Wildman–Crippen LogP) is 1.65. The Morgan fingerprint density at radius 3 is 2.47 bits per heavy atom. The standard InChI is InChI=1S/C13H28N2O2S.ClH/c1-10(2)8-11(4-6-16)9-15-13(17)12(14)5-7-18-3;/h10-12,16H,4-9,14H2,1-3H3,(H,15,17);1H/t11?,12-;/m0./s1. The molecule has 0 spiro atoms. The van der Waals surface area contributed by atoms with Crippen molar-refractivity contribution in [1.29, 1.82) is 0 Å². The second-order valence-electron chi connectivity index (χ2n) is 5.14. The third kappa shape index (κ3) is 11.5. The van der Waals surface area contributed by atoms with Gasteiger partial charge in [-0.2, -0.15) is 11.8 Å². The van der Waals surface area contributed by atoms with Crippen molar-refractivity contribution in [2.24, 2.45) is 17.6 Å². The molecule has 0 aromatic carbocycles. The minimum absolute atomic E-state index is 0. The van der Waals surface area contributed by atoms with Gasteiger partial charge in [-0.1, -0.05) is 13.8 Å². The average molecular weight is 313 g/mol. The maximum Gasteiger partial charge on any atom is 0.236 e. The molecule has 0 aromatic heterocycles. The van der Waals surface area contributed by atoms with E-state index in [0.717, 1.165) is 18.6 Å². The number of hydrogen-bond donors (Lipinski definition) is 3. The summed E-state index contributed by atoms with van der Waals surface area (Å²) < 4.78 is 0. The Bertz CT molecular complexity index is 231. The zero-order chi connectivity index (χ0) is 14.0. The Labute approximate surface area is 127 Å². The van der Waals surface area contributed by atoms with E-state index in [-0.39, 0.29) is 24.9 Å². The topological polar surface area (TPSA) is 75.4 Å². The minimum Gasteiger partial charge on any atom is -0.396 e. The zero-order valence-corrected chi connectivity index (χ0v) is 13.9. The van der Waals surface area contributed by atoms with Crippen LogP contribution in [0, 0.1) is 11.8 Å². The number of aliphatic hydroxyl groups is 1. The summed E-state index contributed by atoms with van der Waals surface area (Å²) in [4.78, 5) is 11.7. The van der Waals surface area contributed by atoms with Crippen molar-refractivity contribution in [3.63, 3.8) is 0 Å². The predicted molar refractivity (Wildman–Crippen MR) is 85.9 cm³/mol. The number of halogens is 1. The number of rotatable bonds is 10. The summed E-state index contributed by atoms with van der Waals surface area (Å²) in [7, 11) is 0. The second kappa shape index (κ2) is 13.0. The van der Waals surface area contributed by atoms with Crippen LogP contribution in [0.3, 0.4) is 0 Å². The van der Waals surface area contributed by atoms with Crippen molar-refractivity contribution in [1.82, 2.24) is 5.32 Å². The molecule has 2 atom stereocenters. The average Bonchev–Trinajstić information content (AvgIpc) is 2.32. The van der Waals surface area contributed by atoms with Gasteiger partial charge in [-0.25, -0.2) is 0 Å². The molecule has 0 bridgehead atoms. The number of nitrogens with two attached hydrogens (primary N) is 1. The largest absolute Gasteiger partial charge is 0.396 e. The van der Waals surface area contributed by atoms with Crippen LogP contribution in [0.25, 0.3) is 0 Å². The van der Waals surface area contributed by atoms with Gasteiger partial charge in [-0.15, -0.1) is 12.4 Å². The van der Waals surface area contributed by atoms with Crippen LogP contribution in [0.4, 0.5) is 0 Å². The molecule has 4 nitrogen and oxygen atoms in total. The van der Waals surface area contributed by atoms with Crippen LogP contribution in [0.2, 0.25) is 0 Å². The highest BCUT2D eigenvalue weighted by atomic mass is 35.5. The number of carbonyl (C=O) groups excluding carboxylic acids is 1. The van der Waals surface area contributed by atoms with Crippen LogP contribution in [-0.2, 0) is 4.79 Å². The molecule has 116 valence electrons. The van der Waals surface area contributed by atoms with Crippen molar-refractivity contribution in [2.75, 3.05) is 25.2 Å². The first-order chi connectivity index (χ1) is 8.51. The van der Waals surface area contributed by atoms with Gasteiger partial charge in [0.2, 0.25) is 5.91 Å². The lowest BCUT2D eigenvalue weighted by Gasteiger charge is -2.20. The molecule has 0 aromatic rings. The third-order valence-corrected chi connectivity index (χ3v) is 3.52. The van der Waals surface area contributed by atoms with Gasteiger partial charge in [0.1, 0.15) is 0 Å². The van der Waals surface area contributed by atoms with Gasteiger partial charge in [0.15, 0.2) is 0 Å². The SMILES string of the molecule is CSCC[C@H](N)C(=O)NCC(CCO)CC(C)C.Cl. The van der Waals surface area contributed by atoms with Gasteiger partial charge in [-0.3, -0.25) is 4.79 Å². The van der Waals surface area contributed by atoms with Gasteiger partial charge in [-0.05, 0) is 43.1 Å². The zero-order valence-electron chi connectivity index (χ0n) is 12.2. The Morgan fingerprint density at radius 2 is 2.00 bits per heavy atom. The quantitative estimate of drug-likeness (QED) is 0.573. The lowest BCUT2D eigenvalue weighted by atomic mass is 9.94. The molecule has 0 fully saturated rings. The van der Waals surface area contributed by atoms with Crippen molar-refractivity contribution in [2.45, 2.75) is 39.2 Å². The number of thioether (sulfide) groups is 1. The Kier molecular flexibility index (Phi) is 14.6. The molecular formula is C13H29ClN2O2S. The number of hydrogen-bond acceptors (Lipinski definition) is 4. The lowest BCUT2D eigenvalue weighted by molar-refractivity contribution is -0.122. The highest BCUT2D eigenvalue weighted by Gasteiger charge is 2.16. The number of amides is 1. The summed E-state index contributed by atoms with van der Waals surface area (Å²) in [6.07, 6.45) is 4.46. The molecule has 1 unspecified atom stereocenters. The number of nitrogens with one attached hydrogen (secondary N) is 1. The molecule has 0 aliphatic rings. The lowest BCUT2D eigenvalue weighted by Crippen LogP contribution is -2.43. The van der Waals surface area contributed by atoms with E-state index in [2.05, 4.69) is 19.2 Å². The first-order valence-electron chi connectivity index (χ1n) is 6.64. The van der Waals surface area contributed by atoms with E-state index >= 15 is 0 Å². The molecule has 0 saturated heterocycles. The van der Waals surface area contributed by atoms with Crippen LogP contribution in [0.5, 0.6) is 0 Å². The smallest absolute Gasteiger partial charge is 0.236 e. The van der Waals surface area contributed by atoms with E-state index in [1.54, 1.807) is 11.8 Å². The van der Waals surface area contributed by atoms with Crippen molar-refractivity contribution in [3.8, 4) is 0 Å². The van der Waals surface area contributed by atoms with E-state index in [0.29, 0.717) is 24.8 Å². The van der Waals surface area contributed by atoms with E-state index in [1.165, 1.54) is 0 Å². The molecule has 6 heteroatoms. The van der Waals surface area contributed by atoms with Gasteiger partial charge in [0.25, 0.3) is 0 Å². The van der Waals surface area contributed by atoms with Gasteiger partial charge >= 0.3 is 0 Å². The van der Waals surface area contributed by atoms with Gasteiger partial charge in [0, 0.05) is 13.2 Å². The summed E-state index contributed by atoms with van der Waals surface area (Å²) in [5.41, 5.74) is 5.79. The van der Waals surface area contributed by atoms with E-state index < -0.39 is 6.04 Å². The minimum atomic E-state index is -0.411. The molecule has 0 aliphatic heterocycles. The summed E-state index contributed by atoms with van der Waals surface area (Å²) in [6.45, 7) is 5.09. The van der Waals surface area contributed by atoms with Crippen molar-refractivity contribution >= 4 is 30.1 Å². The first-order valence-corrected chi connectivity index (χ1v) is 8.03. The molecule has 4 N–H and O–H groups in total. The summed E-state index contributed by atoms with van der Waals surface area (Å²) in [5, 5.41) is 11.9. The van der Waals surface area contributed by atoms with E-state index in [4.69, 9.17) is 10.8 Å².